The van der Waals surface area contributed by atoms with Crippen molar-refractivity contribution in [3.63, 3.8) is 0 Å². The smallest absolute Gasteiger partial charge is 0.449 e. The van der Waals surface area contributed by atoms with Crippen LogP contribution < -0.4 is 4.74 Å². The molecule has 8 heteroatoms. The van der Waals surface area contributed by atoms with E-state index >= 15 is 0 Å². The molecule has 1 fully saturated rings. The van der Waals surface area contributed by atoms with Crippen molar-refractivity contribution in [3.8, 4) is 5.75 Å². The molecule has 2 heterocycles. The van der Waals surface area contributed by atoms with E-state index < -0.39 is 12.0 Å². The van der Waals surface area contributed by atoms with Crippen molar-refractivity contribution in [2.75, 3.05) is 7.11 Å². The third-order valence-corrected chi connectivity index (χ3v) is 5.48. The van der Waals surface area contributed by atoms with Gasteiger partial charge in [-0.2, -0.15) is 13.2 Å². The predicted octanol–water partition coefficient (Wildman–Crippen LogP) is 3.66. The molecule has 1 saturated carbocycles. The molecule has 5 nitrogen and oxygen atoms in total. The molecule has 2 aliphatic rings. The number of aromatic nitrogens is 2. The lowest BCUT2D eigenvalue weighted by atomic mass is 9.94. The number of benzene rings is 1. The molecule has 28 heavy (non-hydrogen) atoms. The van der Waals surface area contributed by atoms with Gasteiger partial charge in [0.25, 0.3) is 0 Å². The Kier molecular flexibility index (Phi) is 4.81. The summed E-state index contributed by atoms with van der Waals surface area (Å²) in [7, 11) is 1.60. The number of amides is 1. The number of ether oxygens (including phenoxy) is 1. The van der Waals surface area contributed by atoms with Crippen molar-refractivity contribution < 1.29 is 22.7 Å². The normalized spacial score (nSPS) is 19.2. The summed E-state index contributed by atoms with van der Waals surface area (Å²) in [6.07, 6.45) is -0.558. The third-order valence-electron chi connectivity index (χ3n) is 5.48. The number of fused-ring (bicyclic) bond motifs is 1. The molecular weight excluding hydrogens is 371 g/mol. The summed E-state index contributed by atoms with van der Waals surface area (Å²) in [5, 5.41) is 0. The largest absolute Gasteiger partial charge is 0.497 e. The zero-order valence-corrected chi connectivity index (χ0v) is 15.6. The van der Waals surface area contributed by atoms with E-state index in [2.05, 4.69) is 4.98 Å². The number of carbonyl (C=O) groups excluding carboxylic acids is 1. The van der Waals surface area contributed by atoms with Crippen LogP contribution in [0.3, 0.4) is 0 Å². The summed E-state index contributed by atoms with van der Waals surface area (Å²) in [4.78, 5) is 18.6. The van der Waals surface area contributed by atoms with Crippen LogP contribution >= 0.6 is 0 Å². The van der Waals surface area contributed by atoms with Gasteiger partial charge in [-0.05, 0) is 37.0 Å². The molecule has 4 rings (SSSR count). The Balaban J connectivity index is 1.48. The standard InChI is InChI=1S/C20H22F3N3O2/c1-28-17-6-2-13(3-7-17)12-26(15-4-5-15)18(27)14-8-9-25-16(10-14)11-24-19(25)20(21,22)23/h2-3,6-7,11,14-15H,4-5,8-10,12H2,1H3/t14-/m0/s1. The lowest BCUT2D eigenvalue weighted by Crippen LogP contribution is -2.40. The molecule has 1 atom stereocenters. The Bertz CT molecular complexity index is 857. The quantitative estimate of drug-likeness (QED) is 0.779. The number of halogens is 3. The minimum Gasteiger partial charge on any atom is -0.497 e. The number of rotatable bonds is 5. The molecule has 0 saturated heterocycles. The highest BCUT2D eigenvalue weighted by atomic mass is 19.4. The molecular formula is C20H22F3N3O2. The van der Waals surface area contributed by atoms with Crippen molar-refractivity contribution in [1.29, 1.82) is 0 Å². The molecule has 1 aliphatic carbocycles. The van der Waals surface area contributed by atoms with Crippen molar-refractivity contribution >= 4 is 5.91 Å². The molecule has 1 aromatic heterocycles. The van der Waals surface area contributed by atoms with Gasteiger partial charge in [0.05, 0.1) is 7.11 Å². The molecule has 1 aromatic carbocycles. The minimum atomic E-state index is -4.47. The lowest BCUT2D eigenvalue weighted by molar-refractivity contribution is -0.147. The second-order valence-corrected chi connectivity index (χ2v) is 7.46. The average Bonchev–Trinajstić information content (AvgIpc) is 3.42. The van der Waals surface area contributed by atoms with Crippen LogP contribution in [0.5, 0.6) is 5.75 Å². The second kappa shape index (κ2) is 7.14. The third kappa shape index (κ3) is 3.72. The number of methoxy groups -OCH3 is 1. The van der Waals surface area contributed by atoms with Gasteiger partial charge >= 0.3 is 6.18 Å². The average molecular weight is 393 g/mol. The molecule has 150 valence electrons. The number of hydrogen-bond donors (Lipinski definition) is 0. The van der Waals surface area contributed by atoms with Crippen LogP contribution in [0.2, 0.25) is 0 Å². The van der Waals surface area contributed by atoms with Crippen molar-refractivity contribution in [3.05, 3.63) is 47.5 Å². The van der Waals surface area contributed by atoms with Gasteiger partial charge in [0, 0.05) is 43.4 Å². The van der Waals surface area contributed by atoms with Crippen LogP contribution in [0.15, 0.2) is 30.5 Å². The number of nitrogens with zero attached hydrogens (tertiary/aromatic N) is 3. The number of hydrogen-bond acceptors (Lipinski definition) is 3. The first-order chi connectivity index (χ1) is 13.4. The first-order valence-corrected chi connectivity index (χ1v) is 9.42. The fourth-order valence-electron chi connectivity index (χ4n) is 3.84. The highest BCUT2D eigenvalue weighted by molar-refractivity contribution is 5.80. The van der Waals surface area contributed by atoms with Crippen LogP contribution in [0.4, 0.5) is 13.2 Å². The Morgan fingerprint density at radius 3 is 2.57 bits per heavy atom. The Morgan fingerprint density at radius 2 is 1.96 bits per heavy atom. The van der Waals surface area contributed by atoms with Crippen molar-refractivity contribution in [2.45, 2.75) is 51.0 Å². The van der Waals surface area contributed by atoms with E-state index in [-0.39, 0.29) is 24.4 Å². The predicted molar refractivity (Wildman–Crippen MR) is 95.6 cm³/mol. The number of carbonyl (C=O) groups is 1. The zero-order valence-electron chi connectivity index (χ0n) is 15.6. The van der Waals surface area contributed by atoms with E-state index in [1.807, 2.05) is 29.2 Å². The van der Waals surface area contributed by atoms with E-state index in [1.54, 1.807) is 7.11 Å². The van der Waals surface area contributed by atoms with Gasteiger partial charge < -0.3 is 14.2 Å². The van der Waals surface area contributed by atoms with Crippen molar-refractivity contribution in [1.82, 2.24) is 14.5 Å². The Labute approximate surface area is 161 Å². The zero-order chi connectivity index (χ0) is 19.9. The molecule has 2 aromatic rings. The van der Waals surface area contributed by atoms with Gasteiger partial charge in [-0.3, -0.25) is 4.79 Å². The highest BCUT2D eigenvalue weighted by Crippen LogP contribution is 2.35. The summed E-state index contributed by atoms with van der Waals surface area (Å²) in [6.45, 7) is 0.679. The monoisotopic (exact) mass is 393 g/mol. The molecule has 1 amide bonds. The van der Waals surface area contributed by atoms with Crippen LogP contribution in [-0.2, 0) is 30.5 Å². The maximum Gasteiger partial charge on any atom is 0.449 e. The van der Waals surface area contributed by atoms with Gasteiger partial charge in [0.2, 0.25) is 11.7 Å². The first-order valence-electron chi connectivity index (χ1n) is 9.42. The Hall–Kier alpha value is -2.51. The Morgan fingerprint density at radius 1 is 1.25 bits per heavy atom. The summed E-state index contributed by atoms with van der Waals surface area (Å²) in [6, 6.07) is 7.83. The highest BCUT2D eigenvalue weighted by Gasteiger charge is 2.41. The molecule has 1 aliphatic heterocycles. The summed E-state index contributed by atoms with van der Waals surface area (Å²) >= 11 is 0. The van der Waals surface area contributed by atoms with Gasteiger partial charge in [0.1, 0.15) is 5.75 Å². The van der Waals surface area contributed by atoms with Gasteiger partial charge in [-0.15, -0.1) is 0 Å². The van der Waals surface area contributed by atoms with Crippen LogP contribution in [-0.4, -0.2) is 33.5 Å². The number of imidazole rings is 1. The van der Waals surface area contributed by atoms with E-state index in [0.717, 1.165) is 24.2 Å². The molecule has 0 N–H and O–H groups in total. The molecule has 0 spiro atoms. The second-order valence-electron chi connectivity index (χ2n) is 7.46. The van der Waals surface area contributed by atoms with E-state index in [0.29, 0.717) is 25.1 Å². The minimum absolute atomic E-state index is 0.0272. The number of alkyl halides is 3. The van der Waals surface area contributed by atoms with E-state index in [1.165, 1.54) is 10.8 Å². The maximum absolute atomic E-state index is 13.2. The molecule has 0 bridgehead atoms. The summed E-state index contributed by atoms with van der Waals surface area (Å²) in [5.74, 6) is -0.386. The van der Waals surface area contributed by atoms with E-state index in [9.17, 15) is 18.0 Å². The first kappa shape index (κ1) is 18.8. The molecule has 0 radical (unpaired) electrons. The fourth-order valence-corrected chi connectivity index (χ4v) is 3.84. The van der Waals surface area contributed by atoms with Gasteiger partial charge in [-0.1, -0.05) is 12.1 Å². The fraction of sp³-hybridized carbons (Fsp3) is 0.500. The maximum atomic E-state index is 13.2. The SMILES string of the molecule is COc1ccc(CN(C(=O)[C@H]2CCn3c(cnc3C(F)(F)F)C2)C2CC2)cc1. The lowest BCUT2D eigenvalue weighted by Gasteiger charge is -2.30. The van der Waals surface area contributed by atoms with Crippen LogP contribution in [0.25, 0.3) is 0 Å². The van der Waals surface area contributed by atoms with Crippen LogP contribution in [0, 0.1) is 5.92 Å². The molecule has 0 unspecified atom stereocenters. The van der Waals surface area contributed by atoms with E-state index in [4.69, 9.17) is 4.74 Å². The van der Waals surface area contributed by atoms with Crippen LogP contribution in [0.1, 0.15) is 36.3 Å². The van der Waals surface area contributed by atoms with Gasteiger partial charge in [0.15, 0.2) is 0 Å². The van der Waals surface area contributed by atoms with Crippen molar-refractivity contribution in [2.24, 2.45) is 5.92 Å². The van der Waals surface area contributed by atoms with Gasteiger partial charge in [-0.25, -0.2) is 4.98 Å². The summed E-state index contributed by atoms with van der Waals surface area (Å²) < 4.78 is 45.5. The summed E-state index contributed by atoms with van der Waals surface area (Å²) in [5.41, 5.74) is 1.50. The topological polar surface area (TPSA) is 47.4 Å².